The zero-order valence-electron chi connectivity index (χ0n) is 60.0. The molecule has 0 bridgehead atoms. The summed E-state index contributed by atoms with van der Waals surface area (Å²) in [6, 6.07) is 83.9. The number of rotatable bonds is 24. The predicted molar refractivity (Wildman–Crippen MR) is 414 cm³/mol. The summed E-state index contributed by atoms with van der Waals surface area (Å²) in [5.74, 6) is 4.46. The number of pyridine rings is 1. The number of benzene rings is 9. The predicted octanol–water partition coefficient (Wildman–Crippen LogP) is 23.7. The molecule has 13 aromatic rings. The molecular formula is C92H95N7. The Morgan fingerprint density at radius 2 is 0.434 bits per heavy atom. The van der Waals surface area contributed by atoms with Crippen LogP contribution in [0, 0.1) is 0 Å². The van der Waals surface area contributed by atoms with E-state index >= 15 is 0 Å². The highest BCUT2D eigenvalue weighted by atomic mass is 15.1. The number of nitrogens with zero attached hydrogens (tertiary/aromatic N) is 7. The molecule has 0 amide bonds. The highest BCUT2D eigenvalue weighted by Gasteiger charge is 2.27. The van der Waals surface area contributed by atoms with Crippen LogP contribution in [0.5, 0.6) is 0 Å². The molecule has 0 unspecified atom stereocenters. The van der Waals surface area contributed by atoms with Crippen molar-refractivity contribution in [2.45, 2.75) is 157 Å². The fourth-order valence-corrected chi connectivity index (χ4v) is 14.3. The van der Waals surface area contributed by atoms with Crippen molar-refractivity contribution >= 4 is 0 Å². The van der Waals surface area contributed by atoms with E-state index in [1.165, 1.54) is 89.4 Å². The number of hydrogen-bond donors (Lipinski definition) is 0. The Balaban J connectivity index is 0.898. The van der Waals surface area contributed by atoms with Crippen LogP contribution in [0.4, 0.5) is 0 Å². The van der Waals surface area contributed by atoms with Crippen LogP contribution in [-0.4, -0.2) is 33.6 Å². The summed E-state index contributed by atoms with van der Waals surface area (Å²) in [5, 5.41) is 0. The van der Waals surface area contributed by atoms with Gasteiger partial charge in [0.2, 0.25) is 0 Å². The monoisotopic (exact) mass is 1300 g/mol. The van der Waals surface area contributed by atoms with Crippen molar-refractivity contribution in [3.05, 3.63) is 317 Å². The lowest BCUT2D eigenvalue weighted by molar-refractivity contribution is 0.805. The molecule has 0 N–H and O–H groups in total. The maximum absolute atomic E-state index is 5.63. The zero-order chi connectivity index (χ0) is 68.8. The van der Waals surface area contributed by atoms with Gasteiger partial charge in [-0.2, -0.15) is 0 Å². The molecule has 4 aromatic heterocycles. The van der Waals surface area contributed by atoms with E-state index in [2.05, 4.69) is 346 Å². The summed E-state index contributed by atoms with van der Waals surface area (Å²) in [4.78, 5) is 22.4. The SMILES string of the molecule is CC(C)c1cc(-c2ccccc2)cc(C(C)C)c1-n1cc(CCc2cc(CCc3cn(-c4c(C(C)C)cc(-c5ccccc5)cc4C(C)C)c(-c4ccccc4)n3)nc(CCc3cn(-c4c(C(C)C)cc(-c5ccccc5)cc4C(C)C)c(-c4ccccc4)n3)c2)nc1-c1ccccc1. The van der Waals surface area contributed by atoms with E-state index in [1.807, 2.05) is 0 Å². The summed E-state index contributed by atoms with van der Waals surface area (Å²) in [6.45, 7) is 27.9. The van der Waals surface area contributed by atoms with Crippen molar-refractivity contribution in [1.29, 1.82) is 0 Å². The Hall–Kier alpha value is -10.2. The number of imidazole rings is 3. The molecule has 0 saturated carbocycles. The van der Waals surface area contributed by atoms with E-state index < -0.39 is 0 Å². The molecule has 0 fully saturated rings. The molecule has 0 aliphatic rings. The van der Waals surface area contributed by atoms with Gasteiger partial charge in [0.05, 0.1) is 34.1 Å². The molecule has 99 heavy (non-hydrogen) atoms. The molecule has 0 atom stereocenters. The van der Waals surface area contributed by atoms with E-state index in [-0.39, 0.29) is 35.5 Å². The van der Waals surface area contributed by atoms with Gasteiger partial charge in [-0.05, 0) is 195 Å². The van der Waals surface area contributed by atoms with Gasteiger partial charge in [-0.15, -0.1) is 0 Å². The van der Waals surface area contributed by atoms with Gasteiger partial charge in [0, 0.05) is 46.7 Å². The van der Waals surface area contributed by atoms with E-state index in [0.29, 0.717) is 12.8 Å². The molecule has 0 saturated heterocycles. The van der Waals surface area contributed by atoms with Crippen LogP contribution in [0.1, 0.15) is 186 Å². The van der Waals surface area contributed by atoms with Crippen molar-refractivity contribution in [1.82, 2.24) is 33.6 Å². The van der Waals surface area contributed by atoms with Crippen LogP contribution in [-0.2, 0) is 38.5 Å². The lowest BCUT2D eigenvalue weighted by Crippen LogP contribution is -2.08. The first-order valence-electron chi connectivity index (χ1n) is 36.1. The Labute approximate surface area is 588 Å². The quantitative estimate of drug-likeness (QED) is 0.0605. The largest absolute Gasteiger partial charge is 0.299 e. The number of hydrogen-bond acceptors (Lipinski definition) is 4. The van der Waals surface area contributed by atoms with Gasteiger partial charge in [-0.25, -0.2) is 15.0 Å². The van der Waals surface area contributed by atoms with Crippen molar-refractivity contribution in [2.75, 3.05) is 0 Å². The summed E-state index contributed by atoms with van der Waals surface area (Å²) in [6.07, 6.45) is 11.4. The summed E-state index contributed by atoms with van der Waals surface area (Å²) in [7, 11) is 0. The first kappa shape index (κ1) is 67.3. The standard InChI is InChI=1S/C92H95N7/c1-60(2)81-51-73(67-31-19-13-20-32-67)52-82(61(3)4)87(81)97-57-78(94-90(97)70-37-25-16-26-38-70)44-43-66-49-76(45-47-79-58-98(91(95-79)71-39-27-17-28-40-71)88-83(62(5)6)53-74(54-84(88)63(7)8)68-33-21-14-22-34-68)93-77(50-66)46-48-80-59-99(92(96-80)72-41-29-18-30-42-72)89-85(64(9)10)55-75(56-86(89)65(11)12)69-35-23-15-24-36-69/h13-42,49-65H,43-48H2,1-12H3. The molecule has 7 heteroatoms. The highest BCUT2D eigenvalue weighted by Crippen LogP contribution is 2.43. The molecule has 13 rings (SSSR count). The van der Waals surface area contributed by atoms with Gasteiger partial charge in [0.1, 0.15) is 17.5 Å². The van der Waals surface area contributed by atoms with Crippen LogP contribution in [0.3, 0.4) is 0 Å². The molecule has 0 aliphatic heterocycles. The third-order valence-electron chi connectivity index (χ3n) is 19.6. The third kappa shape index (κ3) is 14.8. The topological polar surface area (TPSA) is 66.3 Å². The second-order valence-corrected chi connectivity index (χ2v) is 28.9. The maximum Gasteiger partial charge on any atom is 0.144 e. The van der Waals surface area contributed by atoms with Gasteiger partial charge in [-0.3, -0.25) is 18.7 Å². The van der Waals surface area contributed by atoms with Crippen LogP contribution in [0.2, 0.25) is 0 Å². The Bertz CT molecular complexity index is 4290. The molecule has 4 heterocycles. The van der Waals surface area contributed by atoms with E-state index in [0.717, 1.165) is 88.3 Å². The minimum Gasteiger partial charge on any atom is -0.299 e. The van der Waals surface area contributed by atoms with Crippen molar-refractivity contribution in [2.24, 2.45) is 0 Å². The minimum atomic E-state index is 0.265. The van der Waals surface area contributed by atoms with Crippen LogP contribution in [0.15, 0.2) is 249 Å². The second kappa shape index (κ2) is 29.9. The average molecular weight is 1300 g/mol. The molecule has 9 aromatic carbocycles. The Morgan fingerprint density at radius 3 is 0.667 bits per heavy atom. The normalized spacial score (nSPS) is 11.8. The van der Waals surface area contributed by atoms with Crippen LogP contribution < -0.4 is 0 Å². The highest BCUT2D eigenvalue weighted by molar-refractivity contribution is 5.75. The lowest BCUT2D eigenvalue weighted by Gasteiger charge is -2.23. The Kier molecular flexibility index (Phi) is 20.3. The maximum atomic E-state index is 5.63. The van der Waals surface area contributed by atoms with E-state index in [1.54, 1.807) is 0 Å². The molecule has 0 aliphatic carbocycles. The van der Waals surface area contributed by atoms with Gasteiger partial charge >= 0.3 is 0 Å². The van der Waals surface area contributed by atoms with Gasteiger partial charge in [-0.1, -0.05) is 265 Å². The number of aromatic nitrogens is 7. The number of aryl methyl sites for hydroxylation is 6. The fourth-order valence-electron chi connectivity index (χ4n) is 14.3. The summed E-state index contributed by atoms with van der Waals surface area (Å²) >= 11 is 0. The lowest BCUT2D eigenvalue weighted by atomic mass is 9.88. The average Bonchev–Trinajstić information content (AvgIpc) is 1.73. The van der Waals surface area contributed by atoms with Gasteiger partial charge in [0.15, 0.2) is 0 Å². The smallest absolute Gasteiger partial charge is 0.144 e. The molecule has 0 spiro atoms. The first-order valence-corrected chi connectivity index (χ1v) is 36.1. The van der Waals surface area contributed by atoms with E-state index in [4.69, 9.17) is 19.9 Å². The van der Waals surface area contributed by atoms with E-state index in [9.17, 15) is 0 Å². The molecule has 498 valence electrons. The van der Waals surface area contributed by atoms with Crippen molar-refractivity contribution < 1.29 is 0 Å². The first-order chi connectivity index (χ1) is 48.0. The van der Waals surface area contributed by atoms with Crippen LogP contribution >= 0.6 is 0 Å². The van der Waals surface area contributed by atoms with Crippen LogP contribution in [0.25, 0.3) is 84.6 Å². The third-order valence-corrected chi connectivity index (χ3v) is 19.6. The molecular weight excluding hydrogens is 1200 g/mol. The Morgan fingerprint density at radius 1 is 0.222 bits per heavy atom. The minimum absolute atomic E-state index is 0.265. The second-order valence-electron chi connectivity index (χ2n) is 28.9. The molecule has 7 nitrogen and oxygen atoms in total. The van der Waals surface area contributed by atoms with Crippen molar-refractivity contribution in [3.63, 3.8) is 0 Å². The fraction of sp³-hybridized carbons (Fsp3) is 0.261. The summed E-state index contributed by atoms with van der Waals surface area (Å²) < 4.78 is 7.22. The van der Waals surface area contributed by atoms with Gasteiger partial charge < -0.3 is 0 Å². The summed E-state index contributed by atoms with van der Waals surface area (Å²) in [5.41, 5.74) is 28.8. The van der Waals surface area contributed by atoms with Gasteiger partial charge in [0.25, 0.3) is 0 Å². The van der Waals surface area contributed by atoms with Crippen molar-refractivity contribution in [3.8, 4) is 84.6 Å². The molecule has 0 radical (unpaired) electrons. The zero-order valence-corrected chi connectivity index (χ0v) is 60.0.